The van der Waals surface area contributed by atoms with E-state index in [1.807, 2.05) is 30.3 Å². The Bertz CT molecular complexity index is 292. The molecule has 1 aliphatic heterocycles. The Hall–Kier alpha value is -1.28. The van der Waals surface area contributed by atoms with Gasteiger partial charge in [0.25, 0.3) is 0 Å². The van der Waals surface area contributed by atoms with E-state index >= 15 is 0 Å². The first-order chi connectivity index (χ1) is 6.45. The van der Waals surface area contributed by atoms with Crippen LogP contribution in [0.2, 0.25) is 0 Å². The van der Waals surface area contributed by atoms with E-state index < -0.39 is 0 Å². The van der Waals surface area contributed by atoms with Crippen LogP contribution >= 0.6 is 0 Å². The highest BCUT2D eigenvalue weighted by molar-refractivity contribution is 5.22. The lowest BCUT2D eigenvalue weighted by Crippen LogP contribution is -2.11. The molecule has 68 valence electrons. The number of ether oxygens (including phenoxy) is 1. The predicted molar refractivity (Wildman–Crippen MR) is 52.9 cm³/mol. The fourth-order valence-corrected chi connectivity index (χ4v) is 1.32. The number of hydrogen-bond donors (Lipinski definition) is 1. The van der Waals surface area contributed by atoms with Crippen LogP contribution in [0.3, 0.4) is 0 Å². The Kier molecular flexibility index (Phi) is 2.62. The van der Waals surface area contributed by atoms with Gasteiger partial charge in [-0.05, 0) is 17.7 Å². The fourth-order valence-electron chi connectivity index (χ4n) is 1.32. The van der Waals surface area contributed by atoms with Gasteiger partial charge in [0.05, 0.1) is 0 Å². The Balaban J connectivity index is 1.86. The molecule has 2 nitrogen and oxygen atoms in total. The Labute approximate surface area is 78.2 Å². The zero-order valence-electron chi connectivity index (χ0n) is 7.49. The van der Waals surface area contributed by atoms with Crippen molar-refractivity contribution in [2.45, 2.75) is 0 Å². The molecule has 0 aromatic heterocycles. The summed E-state index contributed by atoms with van der Waals surface area (Å²) in [5, 5.41) is 3.24. The highest BCUT2D eigenvalue weighted by Crippen LogP contribution is 2.10. The van der Waals surface area contributed by atoms with Crippen molar-refractivity contribution in [2.24, 2.45) is 0 Å². The van der Waals surface area contributed by atoms with Crippen molar-refractivity contribution < 1.29 is 4.74 Å². The molecule has 0 unspecified atom stereocenters. The van der Waals surface area contributed by atoms with Gasteiger partial charge in [-0.2, -0.15) is 0 Å². The van der Waals surface area contributed by atoms with Crippen LogP contribution in [0.5, 0.6) is 5.75 Å². The summed E-state index contributed by atoms with van der Waals surface area (Å²) in [5.41, 5.74) is 1.34. The fraction of sp³-hybridized carbons (Fsp3) is 0.273. The minimum atomic E-state index is 0.705. The normalized spacial score (nSPS) is 15.5. The first-order valence-electron chi connectivity index (χ1n) is 4.51. The van der Waals surface area contributed by atoms with E-state index in [2.05, 4.69) is 11.4 Å². The van der Waals surface area contributed by atoms with E-state index in [0.29, 0.717) is 6.61 Å². The van der Waals surface area contributed by atoms with E-state index in [4.69, 9.17) is 4.74 Å². The lowest BCUT2D eigenvalue weighted by Gasteiger charge is -2.05. The summed E-state index contributed by atoms with van der Waals surface area (Å²) in [6.07, 6.45) is 2.18. The van der Waals surface area contributed by atoms with Crippen molar-refractivity contribution in [3.05, 3.63) is 42.0 Å². The third kappa shape index (κ3) is 2.33. The van der Waals surface area contributed by atoms with Crippen molar-refractivity contribution >= 4 is 0 Å². The summed E-state index contributed by atoms with van der Waals surface area (Å²) in [4.78, 5) is 0. The SMILES string of the molecule is C1=C(COc2ccccc2)CNC1. The molecule has 0 atom stereocenters. The van der Waals surface area contributed by atoms with Gasteiger partial charge >= 0.3 is 0 Å². The van der Waals surface area contributed by atoms with Gasteiger partial charge in [0, 0.05) is 13.1 Å². The highest BCUT2D eigenvalue weighted by atomic mass is 16.5. The summed E-state index contributed by atoms with van der Waals surface area (Å²) in [6.45, 7) is 2.65. The van der Waals surface area contributed by atoms with E-state index in [1.54, 1.807) is 0 Å². The molecule has 0 bridgehead atoms. The molecule has 1 aromatic carbocycles. The van der Waals surface area contributed by atoms with Crippen LogP contribution in [0.25, 0.3) is 0 Å². The van der Waals surface area contributed by atoms with Crippen LogP contribution in [-0.2, 0) is 0 Å². The molecule has 0 fully saturated rings. The topological polar surface area (TPSA) is 21.3 Å². The molecule has 0 saturated carbocycles. The van der Waals surface area contributed by atoms with Crippen LogP contribution in [0.15, 0.2) is 42.0 Å². The molecule has 1 N–H and O–H groups in total. The average molecular weight is 175 g/mol. The summed E-state index contributed by atoms with van der Waals surface area (Å²) in [7, 11) is 0. The van der Waals surface area contributed by atoms with Crippen LogP contribution in [0, 0.1) is 0 Å². The highest BCUT2D eigenvalue weighted by Gasteiger charge is 2.03. The van der Waals surface area contributed by atoms with Crippen LogP contribution < -0.4 is 10.1 Å². The predicted octanol–water partition coefficient (Wildman–Crippen LogP) is 1.59. The first-order valence-corrected chi connectivity index (χ1v) is 4.51. The lowest BCUT2D eigenvalue weighted by atomic mass is 10.3. The van der Waals surface area contributed by atoms with Crippen molar-refractivity contribution in [1.29, 1.82) is 0 Å². The number of benzene rings is 1. The first kappa shape index (κ1) is 8.32. The molecule has 0 radical (unpaired) electrons. The molecule has 13 heavy (non-hydrogen) atoms. The number of rotatable bonds is 3. The van der Waals surface area contributed by atoms with Gasteiger partial charge < -0.3 is 10.1 Å². The monoisotopic (exact) mass is 175 g/mol. The van der Waals surface area contributed by atoms with Crippen molar-refractivity contribution in [3.63, 3.8) is 0 Å². The van der Waals surface area contributed by atoms with Crippen molar-refractivity contribution in [2.75, 3.05) is 19.7 Å². The summed E-state index contributed by atoms with van der Waals surface area (Å²) in [6, 6.07) is 9.91. The number of para-hydroxylation sites is 1. The molecule has 1 aromatic rings. The van der Waals surface area contributed by atoms with Gasteiger partial charge in [0.2, 0.25) is 0 Å². The molecule has 1 heterocycles. The van der Waals surface area contributed by atoms with Crippen LogP contribution in [0.4, 0.5) is 0 Å². The molecule has 1 aliphatic rings. The summed E-state index contributed by atoms with van der Waals surface area (Å²) >= 11 is 0. The molecule has 0 amide bonds. The molecule has 0 saturated heterocycles. The quantitative estimate of drug-likeness (QED) is 0.704. The van der Waals surface area contributed by atoms with E-state index in [0.717, 1.165) is 18.8 Å². The zero-order chi connectivity index (χ0) is 8.93. The Morgan fingerprint density at radius 1 is 1.23 bits per heavy atom. The van der Waals surface area contributed by atoms with E-state index in [-0.39, 0.29) is 0 Å². The summed E-state index contributed by atoms with van der Waals surface area (Å²) < 4.78 is 5.58. The van der Waals surface area contributed by atoms with Gasteiger partial charge in [0.15, 0.2) is 0 Å². The molecule has 2 heteroatoms. The van der Waals surface area contributed by atoms with Gasteiger partial charge in [-0.1, -0.05) is 24.3 Å². The van der Waals surface area contributed by atoms with Crippen LogP contribution in [-0.4, -0.2) is 19.7 Å². The standard InChI is InChI=1S/C11H13NO/c1-2-4-11(5-3-1)13-9-10-6-7-12-8-10/h1-6,12H,7-9H2. The second-order valence-electron chi connectivity index (χ2n) is 3.10. The van der Waals surface area contributed by atoms with Gasteiger partial charge in [-0.3, -0.25) is 0 Å². The molecule has 0 aliphatic carbocycles. The second kappa shape index (κ2) is 4.10. The molecular formula is C11H13NO. The largest absolute Gasteiger partial charge is 0.489 e. The van der Waals surface area contributed by atoms with E-state index in [9.17, 15) is 0 Å². The van der Waals surface area contributed by atoms with Gasteiger partial charge in [-0.25, -0.2) is 0 Å². The van der Waals surface area contributed by atoms with Crippen molar-refractivity contribution in [3.8, 4) is 5.75 Å². The molecule has 2 rings (SSSR count). The third-order valence-electron chi connectivity index (χ3n) is 2.05. The third-order valence-corrected chi connectivity index (χ3v) is 2.05. The average Bonchev–Trinajstić information content (AvgIpc) is 2.69. The minimum Gasteiger partial charge on any atom is -0.489 e. The zero-order valence-corrected chi connectivity index (χ0v) is 7.49. The Morgan fingerprint density at radius 2 is 2.08 bits per heavy atom. The maximum Gasteiger partial charge on any atom is 0.119 e. The van der Waals surface area contributed by atoms with E-state index in [1.165, 1.54) is 5.57 Å². The Morgan fingerprint density at radius 3 is 2.77 bits per heavy atom. The summed E-state index contributed by atoms with van der Waals surface area (Å²) in [5.74, 6) is 0.940. The maximum atomic E-state index is 5.58. The maximum absolute atomic E-state index is 5.58. The lowest BCUT2D eigenvalue weighted by molar-refractivity contribution is 0.350. The number of nitrogens with one attached hydrogen (secondary N) is 1. The smallest absolute Gasteiger partial charge is 0.119 e. The molecular weight excluding hydrogens is 162 g/mol. The second-order valence-corrected chi connectivity index (χ2v) is 3.10. The van der Waals surface area contributed by atoms with Gasteiger partial charge in [-0.15, -0.1) is 0 Å². The van der Waals surface area contributed by atoms with Gasteiger partial charge in [0.1, 0.15) is 12.4 Å². The minimum absolute atomic E-state index is 0.705. The number of hydrogen-bond acceptors (Lipinski definition) is 2. The molecule has 0 spiro atoms. The van der Waals surface area contributed by atoms with Crippen molar-refractivity contribution in [1.82, 2.24) is 5.32 Å². The van der Waals surface area contributed by atoms with Crippen LogP contribution in [0.1, 0.15) is 0 Å².